The number of hydrogen-bond acceptors (Lipinski definition) is 3. The molecule has 0 aliphatic heterocycles. The van der Waals surface area contributed by atoms with Crippen LogP contribution in [-0.4, -0.2) is 14.3 Å². The molecule has 1 aliphatic rings. The second kappa shape index (κ2) is 6.00. The van der Waals surface area contributed by atoms with Gasteiger partial charge in [-0.05, 0) is 55.3 Å². The average Bonchev–Trinajstić information content (AvgIpc) is 3.32. The number of nitrogens with one attached hydrogen (secondary N) is 2. The van der Waals surface area contributed by atoms with E-state index in [1.807, 2.05) is 0 Å². The number of rotatable bonds is 5. The summed E-state index contributed by atoms with van der Waals surface area (Å²) in [6.45, 7) is 0. The molecule has 2 aromatic carbocycles. The van der Waals surface area contributed by atoms with Gasteiger partial charge in [0.25, 0.3) is 10.0 Å². The van der Waals surface area contributed by atoms with E-state index in [0.29, 0.717) is 11.4 Å². The van der Waals surface area contributed by atoms with E-state index >= 15 is 0 Å². The van der Waals surface area contributed by atoms with Crippen molar-refractivity contribution >= 4 is 27.3 Å². The van der Waals surface area contributed by atoms with Gasteiger partial charge in [0.1, 0.15) is 5.82 Å². The molecule has 120 valence electrons. The third kappa shape index (κ3) is 3.87. The number of benzene rings is 2. The molecule has 0 spiro atoms. The van der Waals surface area contributed by atoms with Gasteiger partial charge in [-0.3, -0.25) is 9.52 Å². The van der Waals surface area contributed by atoms with E-state index in [1.54, 1.807) is 24.3 Å². The maximum absolute atomic E-state index is 12.9. The number of halogens is 1. The molecule has 1 amide bonds. The van der Waals surface area contributed by atoms with Gasteiger partial charge in [-0.1, -0.05) is 6.07 Å². The Morgan fingerprint density at radius 3 is 2.35 bits per heavy atom. The molecular formula is C16H15FN2O3S. The third-order valence-corrected chi connectivity index (χ3v) is 4.85. The van der Waals surface area contributed by atoms with Gasteiger partial charge in [0.15, 0.2) is 0 Å². The lowest BCUT2D eigenvalue weighted by atomic mass is 10.2. The Labute approximate surface area is 133 Å². The van der Waals surface area contributed by atoms with Gasteiger partial charge in [-0.2, -0.15) is 0 Å². The SMILES string of the molecule is O=C(Nc1cccc(NS(=O)(=O)c2ccc(F)cc2)c1)C1CC1. The number of amides is 1. The molecule has 23 heavy (non-hydrogen) atoms. The van der Waals surface area contributed by atoms with Crippen molar-refractivity contribution in [1.82, 2.24) is 0 Å². The van der Waals surface area contributed by atoms with Crippen molar-refractivity contribution in [2.24, 2.45) is 5.92 Å². The summed E-state index contributed by atoms with van der Waals surface area (Å²) in [6.07, 6.45) is 1.78. The van der Waals surface area contributed by atoms with Gasteiger partial charge in [0, 0.05) is 11.6 Å². The van der Waals surface area contributed by atoms with Crippen molar-refractivity contribution in [3.05, 3.63) is 54.3 Å². The Morgan fingerprint density at radius 1 is 1.04 bits per heavy atom. The van der Waals surface area contributed by atoms with E-state index in [9.17, 15) is 17.6 Å². The molecule has 0 bridgehead atoms. The zero-order chi connectivity index (χ0) is 16.4. The van der Waals surface area contributed by atoms with E-state index in [0.717, 1.165) is 25.0 Å². The number of hydrogen-bond donors (Lipinski definition) is 2. The monoisotopic (exact) mass is 334 g/mol. The van der Waals surface area contributed by atoms with Crippen LogP contribution in [0.2, 0.25) is 0 Å². The zero-order valence-corrected chi connectivity index (χ0v) is 12.9. The Kier molecular flexibility index (Phi) is 4.04. The van der Waals surface area contributed by atoms with Crippen LogP contribution in [0.4, 0.5) is 15.8 Å². The summed E-state index contributed by atoms with van der Waals surface area (Å²) in [4.78, 5) is 11.7. The van der Waals surface area contributed by atoms with Crippen LogP contribution >= 0.6 is 0 Å². The molecule has 7 heteroatoms. The van der Waals surface area contributed by atoms with E-state index in [1.165, 1.54) is 12.1 Å². The van der Waals surface area contributed by atoms with Crippen molar-refractivity contribution in [2.45, 2.75) is 17.7 Å². The first kappa shape index (κ1) is 15.5. The third-order valence-electron chi connectivity index (χ3n) is 3.45. The molecule has 0 heterocycles. The van der Waals surface area contributed by atoms with Crippen molar-refractivity contribution in [3.63, 3.8) is 0 Å². The lowest BCUT2D eigenvalue weighted by Gasteiger charge is -2.10. The first-order chi connectivity index (χ1) is 10.9. The van der Waals surface area contributed by atoms with E-state index in [2.05, 4.69) is 10.0 Å². The lowest BCUT2D eigenvalue weighted by Crippen LogP contribution is -2.15. The number of anilines is 2. The van der Waals surface area contributed by atoms with Crippen LogP contribution in [0.3, 0.4) is 0 Å². The molecule has 3 rings (SSSR count). The molecule has 2 N–H and O–H groups in total. The topological polar surface area (TPSA) is 75.3 Å². The Balaban J connectivity index is 1.76. The highest BCUT2D eigenvalue weighted by Crippen LogP contribution is 2.30. The van der Waals surface area contributed by atoms with E-state index in [-0.39, 0.29) is 16.7 Å². The predicted molar refractivity (Wildman–Crippen MR) is 85.0 cm³/mol. The molecule has 1 saturated carbocycles. The second-order valence-corrected chi connectivity index (χ2v) is 7.09. The van der Waals surface area contributed by atoms with Crippen LogP contribution in [-0.2, 0) is 14.8 Å². The quantitative estimate of drug-likeness (QED) is 0.883. The van der Waals surface area contributed by atoms with Gasteiger partial charge in [0.05, 0.1) is 10.6 Å². The molecule has 2 aromatic rings. The molecule has 0 radical (unpaired) electrons. The summed E-state index contributed by atoms with van der Waals surface area (Å²) < 4.78 is 39.8. The fraction of sp³-hybridized carbons (Fsp3) is 0.188. The highest BCUT2D eigenvalue weighted by molar-refractivity contribution is 7.92. The van der Waals surface area contributed by atoms with Crippen molar-refractivity contribution in [2.75, 3.05) is 10.0 Å². The van der Waals surface area contributed by atoms with Gasteiger partial charge in [0.2, 0.25) is 5.91 Å². The first-order valence-corrected chi connectivity index (χ1v) is 8.62. The van der Waals surface area contributed by atoms with Crippen LogP contribution in [0, 0.1) is 11.7 Å². The summed E-state index contributed by atoms with van der Waals surface area (Å²) in [6, 6.07) is 11.0. The highest BCUT2D eigenvalue weighted by atomic mass is 32.2. The summed E-state index contributed by atoms with van der Waals surface area (Å²) in [5.41, 5.74) is 0.851. The molecular weight excluding hydrogens is 319 g/mol. The summed E-state index contributed by atoms with van der Waals surface area (Å²) in [7, 11) is -3.81. The Morgan fingerprint density at radius 2 is 1.70 bits per heavy atom. The Bertz CT molecular complexity index is 831. The van der Waals surface area contributed by atoms with Gasteiger partial charge in [-0.15, -0.1) is 0 Å². The number of sulfonamides is 1. The average molecular weight is 334 g/mol. The standard InChI is InChI=1S/C16H15FN2O3S/c17-12-6-8-15(9-7-12)23(21,22)19-14-3-1-2-13(10-14)18-16(20)11-4-5-11/h1-3,6-11,19H,4-5H2,(H,18,20). The lowest BCUT2D eigenvalue weighted by molar-refractivity contribution is -0.117. The normalized spacial score (nSPS) is 14.3. The van der Waals surface area contributed by atoms with Gasteiger partial charge >= 0.3 is 0 Å². The first-order valence-electron chi connectivity index (χ1n) is 7.13. The molecule has 1 aliphatic carbocycles. The molecule has 0 unspecified atom stereocenters. The molecule has 1 fully saturated rings. The van der Waals surface area contributed by atoms with Gasteiger partial charge < -0.3 is 5.32 Å². The molecule has 0 aromatic heterocycles. The minimum Gasteiger partial charge on any atom is -0.326 e. The molecule has 0 saturated heterocycles. The largest absolute Gasteiger partial charge is 0.326 e. The van der Waals surface area contributed by atoms with Crippen LogP contribution in [0.1, 0.15) is 12.8 Å². The van der Waals surface area contributed by atoms with Crippen LogP contribution in [0.25, 0.3) is 0 Å². The van der Waals surface area contributed by atoms with E-state index in [4.69, 9.17) is 0 Å². The van der Waals surface area contributed by atoms with Crippen LogP contribution in [0.5, 0.6) is 0 Å². The number of carbonyl (C=O) groups is 1. The number of carbonyl (C=O) groups excluding carboxylic acids is 1. The molecule has 0 atom stereocenters. The minimum atomic E-state index is -3.81. The highest BCUT2D eigenvalue weighted by Gasteiger charge is 2.29. The van der Waals surface area contributed by atoms with Crippen LogP contribution < -0.4 is 10.0 Å². The molecule has 5 nitrogen and oxygen atoms in total. The summed E-state index contributed by atoms with van der Waals surface area (Å²) in [5, 5.41) is 2.75. The van der Waals surface area contributed by atoms with Gasteiger partial charge in [-0.25, -0.2) is 12.8 Å². The summed E-state index contributed by atoms with van der Waals surface area (Å²) in [5.74, 6) is -0.494. The second-order valence-electron chi connectivity index (χ2n) is 5.40. The van der Waals surface area contributed by atoms with Crippen molar-refractivity contribution in [1.29, 1.82) is 0 Å². The summed E-state index contributed by atoms with van der Waals surface area (Å²) >= 11 is 0. The smallest absolute Gasteiger partial charge is 0.261 e. The fourth-order valence-corrected chi connectivity index (χ4v) is 3.13. The van der Waals surface area contributed by atoms with Crippen molar-refractivity contribution < 1.29 is 17.6 Å². The maximum atomic E-state index is 12.9. The van der Waals surface area contributed by atoms with Crippen molar-refractivity contribution in [3.8, 4) is 0 Å². The predicted octanol–water partition coefficient (Wildman–Crippen LogP) is 2.98. The van der Waals surface area contributed by atoms with E-state index < -0.39 is 15.8 Å². The Hall–Kier alpha value is -2.41. The van der Waals surface area contributed by atoms with Crippen LogP contribution in [0.15, 0.2) is 53.4 Å². The maximum Gasteiger partial charge on any atom is 0.261 e. The minimum absolute atomic E-state index is 0.0358. The zero-order valence-electron chi connectivity index (χ0n) is 12.1. The fourth-order valence-electron chi connectivity index (χ4n) is 2.08.